The first kappa shape index (κ1) is 41.2. The fraction of sp³-hybridized carbons (Fsp3) is 0.865. The number of unbranched alkanes of at least 4 members (excludes halogenated alkanes) is 16. The first-order valence-electron chi connectivity index (χ1n) is 18.4. The van der Waals surface area contributed by atoms with Crippen molar-refractivity contribution in [3.63, 3.8) is 0 Å². The second-order valence-corrected chi connectivity index (χ2v) is 15.3. The van der Waals surface area contributed by atoms with E-state index in [1.54, 1.807) is 0 Å². The highest BCUT2D eigenvalue weighted by atomic mass is 31.2. The lowest BCUT2D eigenvalue weighted by Gasteiger charge is -2.25. The van der Waals surface area contributed by atoms with Crippen molar-refractivity contribution in [3.05, 3.63) is 30.1 Å². The molecular formula is C37H70NO5P. The van der Waals surface area contributed by atoms with Gasteiger partial charge in [0.1, 0.15) is 6.54 Å². The predicted octanol–water partition coefficient (Wildman–Crippen LogP) is 10.2. The molecule has 0 spiro atoms. The van der Waals surface area contributed by atoms with Crippen molar-refractivity contribution in [2.45, 2.75) is 175 Å². The van der Waals surface area contributed by atoms with Gasteiger partial charge in [0.25, 0.3) is 7.82 Å². The van der Waals surface area contributed by atoms with Crippen LogP contribution in [-0.2, 0) is 30.3 Å². The SMILES string of the molecule is CCCCCCCCCCCCCCCCOCC(CCC)COP(=O)([O-])OCCCCCC[n+]1ccc(C(C)(C)C)cc1. The number of hydrogen-bond donors (Lipinski definition) is 0. The molecule has 0 aromatic carbocycles. The van der Waals surface area contributed by atoms with Crippen molar-refractivity contribution in [2.75, 3.05) is 26.4 Å². The quantitative estimate of drug-likeness (QED) is 0.0476. The van der Waals surface area contributed by atoms with Gasteiger partial charge in [-0.2, -0.15) is 0 Å². The van der Waals surface area contributed by atoms with Crippen LogP contribution in [0.15, 0.2) is 24.5 Å². The van der Waals surface area contributed by atoms with Crippen molar-refractivity contribution >= 4 is 7.82 Å². The van der Waals surface area contributed by atoms with E-state index < -0.39 is 7.82 Å². The molecule has 2 atom stereocenters. The van der Waals surface area contributed by atoms with Gasteiger partial charge >= 0.3 is 0 Å². The van der Waals surface area contributed by atoms with Gasteiger partial charge < -0.3 is 18.7 Å². The Bertz CT molecular complexity index is 826. The number of aromatic nitrogens is 1. The maximum Gasteiger partial charge on any atom is 0.267 e. The fourth-order valence-electron chi connectivity index (χ4n) is 5.54. The number of ether oxygens (including phenoxy) is 1. The maximum absolute atomic E-state index is 12.3. The molecule has 0 aliphatic rings. The molecule has 1 aromatic rings. The van der Waals surface area contributed by atoms with Crippen LogP contribution in [0.2, 0.25) is 0 Å². The van der Waals surface area contributed by atoms with Gasteiger partial charge in [0, 0.05) is 31.1 Å². The summed E-state index contributed by atoms with van der Waals surface area (Å²) in [6, 6.07) is 4.38. The summed E-state index contributed by atoms with van der Waals surface area (Å²) in [4.78, 5) is 12.3. The topological polar surface area (TPSA) is 71.7 Å². The summed E-state index contributed by atoms with van der Waals surface area (Å²) in [7, 11) is -4.28. The highest BCUT2D eigenvalue weighted by Gasteiger charge is 2.16. The molecule has 0 saturated heterocycles. The Morgan fingerprint density at radius 1 is 0.682 bits per heavy atom. The summed E-state index contributed by atoms with van der Waals surface area (Å²) in [5.41, 5.74) is 1.50. The minimum absolute atomic E-state index is 0.0764. The summed E-state index contributed by atoms with van der Waals surface area (Å²) < 4.78 is 30.8. The molecule has 2 unspecified atom stereocenters. The molecule has 1 rings (SSSR count). The highest BCUT2D eigenvalue weighted by Crippen LogP contribution is 2.39. The standard InChI is InChI=1S/C37H70NO5P/c1-6-8-9-10-11-12-13-14-15-16-17-18-20-23-31-41-33-35(25-7-2)34-43-44(39,40)42-32-24-21-19-22-28-38-29-26-36(27-30-38)37(3,4)5/h26-27,29-30,35H,6-25,28,31-34H2,1-5H3. The number of phosphoric ester groups is 1. The lowest BCUT2D eigenvalue weighted by atomic mass is 9.88. The van der Waals surface area contributed by atoms with Crippen LogP contribution in [0.4, 0.5) is 0 Å². The maximum atomic E-state index is 12.3. The molecule has 0 N–H and O–H groups in total. The monoisotopic (exact) mass is 639 g/mol. The van der Waals surface area contributed by atoms with Gasteiger partial charge in [-0.3, -0.25) is 4.57 Å². The summed E-state index contributed by atoms with van der Waals surface area (Å²) in [5, 5.41) is 0. The molecular weight excluding hydrogens is 569 g/mol. The molecule has 0 saturated carbocycles. The Morgan fingerprint density at radius 3 is 1.70 bits per heavy atom. The molecule has 0 fully saturated rings. The Labute approximate surface area is 272 Å². The minimum Gasteiger partial charge on any atom is -0.756 e. The second-order valence-electron chi connectivity index (χ2n) is 13.9. The van der Waals surface area contributed by atoms with Gasteiger partial charge in [-0.05, 0) is 36.7 Å². The van der Waals surface area contributed by atoms with E-state index in [9.17, 15) is 9.46 Å². The zero-order valence-electron chi connectivity index (χ0n) is 29.5. The molecule has 44 heavy (non-hydrogen) atoms. The first-order chi connectivity index (χ1) is 21.2. The minimum atomic E-state index is -4.28. The van der Waals surface area contributed by atoms with E-state index in [1.165, 1.54) is 89.0 Å². The average Bonchev–Trinajstić information content (AvgIpc) is 2.99. The normalized spacial score (nSPS) is 14.1. The Morgan fingerprint density at radius 2 is 1.18 bits per heavy atom. The van der Waals surface area contributed by atoms with Crippen LogP contribution in [0, 0.1) is 5.92 Å². The van der Waals surface area contributed by atoms with E-state index in [-0.39, 0.29) is 24.5 Å². The highest BCUT2D eigenvalue weighted by molar-refractivity contribution is 7.45. The van der Waals surface area contributed by atoms with E-state index >= 15 is 0 Å². The number of hydrogen-bond acceptors (Lipinski definition) is 5. The molecule has 1 heterocycles. The predicted molar refractivity (Wildman–Crippen MR) is 183 cm³/mol. The van der Waals surface area contributed by atoms with E-state index in [0.717, 1.165) is 51.7 Å². The lowest BCUT2D eigenvalue weighted by molar-refractivity contribution is -0.697. The van der Waals surface area contributed by atoms with Crippen LogP contribution in [0.5, 0.6) is 0 Å². The van der Waals surface area contributed by atoms with Crippen LogP contribution in [0.3, 0.4) is 0 Å². The van der Waals surface area contributed by atoms with Gasteiger partial charge in [-0.25, -0.2) is 4.57 Å². The third kappa shape index (κ3) is 23.5. The van der Waals surface area contributed by atoms with Crippen LogP contribution in [-0.4, -0.2) is 26.4 Å². The Kier molecular flexibility index (Phi) is 24.7. The van der Waals surface area contributed by atoms with Gasteiger partial charge in [-0.1, -0.05) is 131 Å². The zero-order chi connectivity index (χ0) is 32.4. The van der Waals surface area contributed by atoms with Crippen LogP contribution in [0.1, 0.15) is 169 Å². The average molecular weight is 640 g/mol. The van der Waals surface area contributed by atoms with Crippen LogP contribution in [0.25, 0.3) is 0 Å². The molecule has 258 valence electrons. The number of pyridine rings is 1. The molecule has 0 amide bonds. The van der Waals surface area contributed by atoms with Crippen molar-refractivity contribution < 1.29 is 27.8 Å². The van der Waals surface area contributed by atoms with Gasteiger partial charge in [0.05, 0.1) is 19.8 Å². The van der Waals surface area contributed by atoms with E-state index in [1.807, 2.05) is 0 Å². The van der Waals surface area contributed by atoms with Crippen molar-refractivity contribution in [1.82, 2.24) is 0 Å². The van der Waals surface area contributed by atoms with Gasteiger partial charge in [0.15, 0.2) is 12.4 Å². The number of phosphoric acid groups is 1. The molecule has 6 nitrogen and oxygen atoms in total. The van der Waals surface area contributed by atoms with Gasteiger partial charge in [-0.15, -0.1) is 0 Å². The third-order valence-electron chi connectivity index (χ3n) is 8.48. The second kappa shape index (κ2) is 26.3. The summed E-state index contributed by atoms with van der Waals surface area (Å²) in [6.45, 7) is 13.6. The van der Waals surface area contributed by atoms with Crippen molar-refractivity contribution in [1.29, 1.82) is 0 Å². The van der Waals surface area contributed by atoms with Gasteiger partial charge in [0.2, 0.25) is 0 Å². The number of rotatable bonds is 30. The van der Waals surface area contributed by atoms with Crippen molar-refractivity contribution in [2.24, 2.45) is 5.92 Å². The first-order valence-corrected chi connectivity index (χ1v) is 19.8. The summed E-state index contributed by atoms with van der Waals surface area (Å²) in [5.74, 6) is 0.0764. The number of nitrogens with zero attached hydrogens (tertiary/aromatic N) is 1. The lowest BCUT2D eigenvalue weighted by Crippen LogP contribution is -2.33. The Hall–Kier alpha value is -0.780. The van der Waals surface area contributed by atoms with E-state index in [2.05, 4.69) is 63.7 Å². The third-order valence-corrected chi connectivity index (χ3v) is 9.44. The zero-order valence-corrected chi connectivity index (χ0v) is 30.4. The smallest absolute Gasteiger partial charge is 0.267 e. The molecule has 7 heteroatoms. The summed E-state index contributed by atoms with van der Waals surface area (Å²) in [6.07, 6.45) is 28.7. The largest absolute Gasteiger partial charge is 0.756 e. The number of aryl methyl sites for hydroxylation is 1. The molecule has 1 aromatic heterocycles. The van der Waals surface area contributed by atoms with Crippen LogP contribution < -0.4 is 9.46 Å². The molecule has 0 aliphatic carbocycles. The van der Waals surface area contributed by atoms with E-state index in [4.69, 9.17) is 13.8 Å². The fourth-order valence-corrected chi connectivity index (χ4v) is 6.36. The molecule has 0 bridgehead atoms. The Balaban J connectivity index is 2.01. The molecule has 0 radical (unpaired) electrons. The van der Waals surface area contributed by atoms with Crippen LogP contribution >= 0.6 is 7.82 Å². The van der Waals surface area contributed by atoms with E-state index in [0.29, 0.717) is 13.0 Å². The van der Waals surface area contributed by atoms with Crippen molar-refractivity contribution in [3.8, 4) is 0 Å². The molecule has 0 aliphatic heterocycles. The summed E-state index contributed by atoms with van der Waals surface area (Å²) >= 11 is 0.